The maximum absolute atomic E-state index is 11.5. The standard InChI is InChI=1S/C14H20N2O4S/c1-13(2)12(14(13,3)4)15-10-7-6-9(21(5,19)20)8-11(10)16(17)18/h6-8,12,15H,1-5H3. The molecule has 0 aromatic heterocycles. The monoisotopic (exact) mass is 312 g/mol. The van der Waals surface area contributed by atoms with E-state index < -0.39 is 14.8 Å². The average molecular weight is 312 g/mol. The van der Waals surface area contributed by atoms with Gasteiger partial charge in [-0.2, -0.15) is 0 Å². The minimum atomic E-state index is -3.47. The number of hydrogen-bond donors (Lipinski definition) is 1. The van der Waals surface area contributed by atoms with Crippen LogP contribution in [0.25, 0.3) is 0 Å². The molecule has 0 bridgehead atoms. The normalized spacial score (nSPS) is 20.0. The van der Waals surface area contributed by atoms with E-state index >= 15 is 0 Å². The van der Waals surface area contributed by atoms with Crippen molar-refractivity contribution in [3.63, 3.8) is 0 Å². The number of nitro groups is 1. The highest BCUT2D eigenvalue weighted by Crippen LogP contribution is 2.64. The van der Waals surface area contributed by atoms with E-state index in [2.05, 4.69) is 33.0 Å². The minimum Gasteiger partial charge on any atom is -0.376 e. The Hall–Kier alpha value is -1.63. The average Bonchev–Trinajstić information content (AvgIpc) is 2.70. The number of sulfone groups is 1. The van der Waals surface area contributed by atoms with Crippen molar-refractivity contribution in [1.29, 1.82) is 0 Å². The molecular formula is C14H20N2O4S. The molecule has 2 rings (SSSR count). The Morgan fingerprint density at radius 3 is 2.10 bits per heavy atom. The van der Waals surface area contributed by atoms with Gasteiger partial charge >= 0.3 is 0 Å². The van der Waals surface area contributed by atoms with Gasteiger partial charge < -0.3 is 5.32 Å². The third-order valence-corrected chi connectivity index (χ3v) is 6.02. The van der Waals surface area contributed by atoms with E-state index in [0.717, 1.165) is 12.3 Å². The number of nitrogens with one attached hydrogen (secondary N) is 1. The van der Waals surface area contributed by atoms with Crippen LogP contribution in [0.3, 0.4) is 0 Å². The summed E-state index contributed by atoms with van der Waals surface area (Å²) >= 11 is 0. The lowest BCUT2D eigenvalue weighted by molar-refractivity contribution is -0.384. The molecule has 1 aliphatic rings. The molecule has 0 amide bonds. The number of nitrogens with zero attached hydrogens (tertiary/aromatic N) is 1. The summed E-state index contributed by atoms with van der Waals surface area (Å²) in [4.78, 5) is 10.6. The van der Waals surface area contributed by atoms with Crippen LogP contribution < -0.4 is 5.32 Å². The van der Waals surface area contributed by atoms with Crippen molar-refractivity contribution in [2.24, 2.45) is 10.8 Å². The molecule has 1 aromatic carbocycles. The zero-order valence-electron chi connectivity index (χ0n) is 12.8. The Kier molecular flexibility index (Phi) is 3.32. The Morgan fingerprint density at radius 2 is 1.71 bits per heavy atom. The highest BCUT2D eigenvalue weighted by Gasteiger charge is 2.65. The molecule has 116 valence electrons. The zero-order valence-corrected chi connectivity index (χ0v) is 13.6. The summed E-state index contributed by atoms with van der Waals surface area (Å²) in [6, 6.07) is 4.08. The van der Waals surface area contributed by atoms with Crippen molar-refractivity contribution >= 4 is 21.2 Å². The number of rotatable bonds is 4. The predicted molar refractivity (Wildman–Crippen MR) is 81.2 cm³/mol. The first-order valence-electron chi connectivity index (χ1n) is 6.64. The third-order valence-electron chi connectivity index (χ3n) is 4.91. The van der Waals surface area contributed by atoms with Crippen LogP contribution in [0.5, 0.6) is 0 Å². The molecule has 0 aliphatic heterocycles. The summed E-state index contributed by atoms with van der Waals surface area (Å²) in [6.45, 7) is 8.39. The van der Waals surface area contributed by atoms with Crippen molar-refractivity contribution in [3.05, 3.63) is 28.3 Å². The van der Waals surface area contributed by atoms with Crippen LogP contribution in [0.2, 0.25) is 0 Å². The number of benzene rings is 1. The van der Waals surface area contributed by atoms with Gasteiger partial charge in [0.1, 0.15) is 5.69 Å². The lowest BCUT2D eigenvalue weighted by atomic mass is 10.0. The van der Waals surface area contributed by atoms with Gasteiger partial charge in [0.25, 0.3) is 5.69 Å². The molecule has 0 unspecified atom stereocenters. The second-order valence-electron chi connectivity index (χ2n) is 6.73. The van der Waals surface area contributed by atoms with Gasteiger partial charge in [0.15, 0.2) is 9.84 Å². The van der Waals surface area contributed by atoms with Gasteiger partial charge in [-0.05, 0) is 23.0 Å². The molecule has 1 aromatic rings. The van der Waals surface area contributed by atoms with Gasteiger partial charge in [-0.1, -0.05) is 27.7 Å². The molecule has 1 aliphatic carbocycles. The zero-order chi connectivity index (χ0) is 16.2. The van der Waals surface area contributed by atoms with E-state index in [9.17, 15) is 18.5 Å². The van der Waals surface area contributed by atoms with Crippen LogP contribution in [0.4, 0.5) is 11.4 Å². The molecular weight excluding hydrogens is 292 g/mol. The van der Waals surface area contributed by atoms with E-state index in [4.69, 9.17) is 0 Å². The fraction of sp³-hybridized carbons (Fsp3) is 0.571. The van der Waals surface area contributed by atoms with Gasteiger partial charge in [-0.3, -0.25) is 10.1 Å². The van der Waals surface area contributed by atoms with E-state index in [-0.39, 0.29) is 27.5 Å². The summed E-state index contributed by atoms with van der Waals surface area (Å²) in [7, 11) is -3.47. The number of anilines is 1. The smallest absolute Gasteiger partial charge is 0.293 e. The molecule has 0 saturated heterocycles. The molecule has 0 radical (unpaired) electrons. The molecule has 0 atom stereocenters. The quantitative estimate of drug-likeness (QED) is 0.682. The van der Waals surface area contributed by atoms with E-state index in [0.29, 0.717) is 5.69 Å². The fourth-order valence-corrected chi connectivity index (χ4v) is 3.37. The van der Waals surface area contributed by atoms with Gasteiger partial charge in [-0.25, -0.2) is 8.42 Å². The van der Waals surface area contributed by atoms with E-state index in [1.54, 1.807) is 0 Å². The van der Waals surface area contributed by atoms with Crippen molar-refractivity contribution < 1.29 is 13.3 Å². The number of hydrogen-bond acceptors (Lipinski definition) is 5. The van der Waals surface area contributed by atoms with E-state index in [1.165, 1.54) is 12.1 Å². The SMILES string of the molecule is CC1(C)C(Nc2ccc(S(C)(=O)=O)cc2[N+](=O)[O-])C1(C)C. The van der Waals surface area contributed by atoms with Crippen LogP contribution in [-0.2, 0) is 9.84 Å². The Labute approximate surface area is 124 Å². The summed E-state index contributed by atoms with van der Waals surface area (Å²) in [5.74, 6) is 0. The van der Waals surface area contributed by atoms with E-state index in [1.807, 2.05) is 0 Å². The molecule has 6 nitrogen and oxygen atoms in total. The molecule has 0 spiro atoms. The molecule has 1 saturated carbocycles. The second-order valence-corrected chi connectivity index (χ2v) is 8.74. The van der Waals surface area contributed by atoms with Crippen LogP contribution in [0, 0.1) is 20.9 Å². The van der Waals surface area contributed by atoms with Gasteiger partial charge in [0.05, 0.1) is 9.82 Å². The van der Waals surface area contributed by atoms with Gasteiger partial charge in [-0.15, -0.1) is 0 Å². The van der Waals surface area contributed by atoms with Gasteiger partial charge in [0.2, 0.25) is 0 Å². The minimum absolute atomic E-state index is 0.0242. The maximum atomic E-state index is 11.5. The Morgan fingerprint density at radius 1 is 1.19 bits per heavy atom. The number of nitro benzene ring substituents is 1. The highest BCUT2D eigenvalue weighted by molar-refractivity contribution is 7.90. The second kappa shape index (κ2) is 4.43. The van der Waals surface area contributed by atoms with Crippen LogP contribution in [0.1, 0.15) is 27.7 Å². The largest absolute Gasteiger partial charge is 0.376 e. The molecule has 21 heavy (non-hydrogen) atoms. The van der Waals surface area contributed by atoms with Gasteiger partial charge in [0, 0.05) is 18.4 Å². The summed E-state index contributed by atoms with van der Waals surface area (Å²) in [6.07, 6.45) is 1.03. The molecule has 1 N–H and O–H groups in total. The first-order valence-corrected chi connectivity index (χ1v) is 8.53. The van der Waals surface area contributed by atoms with Crippen LogP contribution in [0.15, 0.2) is 23.1 Å². The van der Waals surface area contributed by atoms with Crippen molar-refractivity contribution in [3.8, 4) is 0 Å². The Bertz CT molecular complexity index is 694. The summed E-state index contributed by atoms with van der Waals surface area (Å²) in [5, 5.41) is 14.4. The summed E-state index contributed by atoms with van der Waals surface area (Å²) < 4.78 is 23.0. The topological polar surface area (TPSA) is 89.3 Å². The van der Waals surface area contributed by atoms with Crippen molar-refractivity contribution in [2.75, 3.05) is 11.6 Å². The van der Waals surface area contributed by atoms with Crippen molar-refractivity contribution in [2.45, 2.75) is 38.6 Å². The lowest BCUT2D eigenvalue weighted by Gasteiger charge is -2.10. The highest BCUT2D eigenvalue weighted by atomic mass is 32.2. The molecule has 7 heteroatoms. The maximum Gasteiger partial charge on any atom is 0.293 e. The molecule has 1 fully saturated rings. The molecule has 0 heterocycles. The first kappa shape index (κ1) is 15.8. The van der Waals surface area contributed by atoms with Crippen LogP contribution >= 0.6 is 0 Å². The predicted octanol–water partition coefficient (Wildman–Crippen LogP) is 2.84. The first-order chi connectivity index (χ1) is 9.39. The Balaban J connectivity index is 2.40. The lowest BCUT2D eigenvalue weighted by Crippen LogP contribution is -2.12. The fourth-order valence-electron chi connectivity index (χ4n) is 2.73. The van der Waals surface area contributed by atoms with Crippen molar-refractivity contribution in [1.82, 2.24) is 0 Å². The van der Waals surface area contributed by atoms with Crippen LogP contribution in [-0.4, -0.2) is 25.6 Å². The summed E-state index contributed by atoms with van der Waals surface area (Å²) in [5.41, 5.74) is 0.194. The third kappa shape index (κ3) is 2.50.